The SMILES string of the molecule is Cc1ccc(-c2cc(C(=O)N(Cc3ccccc3)Cc3ccccc3)c3ccccc3n2)cc1. The molecule has 0 N–H and O–H groups in total. The van der Waals surface area contributed by atoms with Crippen LogP contribution in [0.2, 0.25) is 0 Å². The second-order valence-electron chi connectivity index (χ2n) is 8.57. The van der Waals surface area contributed by atoms with Crippen molar-refractivity contribution in [2.75, 3.05) is 0 Å². The number of aromatic nitrogens is 1. The van der Waals surface area contributed by atoms with Crippen molar-refractivity contribution in [3.8, 4) is 11.3 Å². The van der Waals surface area contributed by atoms with Crippen LogP contribution < -0.4 is 0 Å². The van der Waals surface area contributed by atoms with Crippen molar-refractivity contribution >= 4 is 16.8 Å². The third-order valence-electron chi connectivity index (χ3n) is 6.01. The highest BCUT2D eigenvalue weighted by Gasteiger charge is 2.21. The molecule has 166 valence electrons. The predicted molar refractivity (Wildman–Crippen MR) is 138 cm³/mol. The number of hydrogen-bond donors (Lipinski definition) is 0. The molecule has 4 aromatic carbocycles. The molecule has 34 heavy (non-hydrogen) atoms. The number of carbonyl (C=O) groups excluding carboxylic acids is 1. The molecule has 1 amide bonds. The molecule has 0 atom stereocenters. The first kappa shape index (κ1) is 21.6. The summed E-state index contributed by atoms with van der Waals surface area (Å²) >= 11 is 0. The van der Waals surface area contributed by atoms with Crippen molar-refractivity contribution in [1.29, 1.82) is 0 Å². The van der Waals surface area contributed by atoms with E-state index in [1.807, 2.05) is 71.6 Å². The van der Waals surface area contributed by atoms with Crippen LogP contribution in [-0.2, 0) is 13.1 Å². The van der Waals surface area contributed by atoms with Crippen LogP contribution in [0.15, 0.2) is 115 Å². The standard InChI is InChI=1S/C31H26N2O/c1-23-16-18-26(19-17-23)30-20-28(27-14-8-9-15-29(27)32-30)31(34)33(21-24-10-4-2-5-11-24)22-25-12-6-3-7-13-25/h2-20H,21-22H2,1H3. The van der Waals surface area contributed by atoms with Gasteiger partial charge >= 0.3 is 0 Å². The third kappa shape index (κ3) is 4.74. The Morgan fingerprint density at radius 3 is 1.88 bits per heavy atom. The maximum atomic E-state index is 14.1. The monoisotopic (exact) mass is 442 g/mol. The van der Waals surface area contributed by atoms with Gasteiger partial charge in [-0.2, -0.15) is 0 Å². The summed E-state index contributed by atoms with van der Waals surface area (Å²) in [7, 11) is 0. The number of hydrogen-bond acceptors (Lipinski definition) is 2. The molecule has 0 fully saturated rings. The molecule has 0 aliphatic carbocycles. The van der Waals surface area contributed by atoms with Crippen molar-refractivity contribution in [3.05, 3.63) is 138 Å². The van der Waals surface area contributed by atoms with Crippen LogP contribution in [0.4, 0.5) is 0 Å². The summed E-state index contributed by atoms with van der Waals surface area (Å²) in [6.07, 6.45) is 0. The lowest BCUT2D eigenvalue weighted by Gasteiger charge is -2.24. The summed E-state index contributed by atoms with van der Waals surface area (Å²) in [5, 5.41) is 0.870. The summed E-state index contributed by atoms with van der Waals surface area (Å²) < 4.78 is 0. The summed E-state index contributed by atoms with van der Waals surface area (Å²) in [6, 6.07) is 38.4. The lowest BCUT2D eigenvalue weighted by Crippen LogP contribution is -2.30. The van der Waals surface area contributed by atoms with Crippen LogP contribution in [0, 0.1) is 6.92 Å². The van der Waals surface area contributed by atoms with Gasteiger partial charge in [-0.1, -0.05) is 109 Å². The molecular weight excluding hydrogens is 416 g/mol. The summed E-state index contributed by atoms with van der Waals surface area (Å²) in [4.78, 5) is 20.9. The predicted octanol–water partition coefficient (Wildman–Crippen LogP) is 7.05. The molecule has 0 spiro atoms. The molecule has 0 aliphatic rings. The normalized spacial score (nSPS) is 10.9. The van der Waals surface area contributed by atoms with E-state index in [9.17, 15) is 4.79 Å². The van der Waals surface area contributed by atoms with Crippen LogP contribution >= 0.6 is 0 Å². The summed E-state index contributed by atoms with van der Waals surface area (Å²) in [6.45, 7) is 3.13. The second kappa shape index (κ2) is 9.72. The first-order valence-corrected chi connectivity index (χ1v) is 11.5. The maximum absolute atomic E-state index is 14.1. The van der Waals surface area contributed by atoms with Crippen LogP contribution in [0.1, 0.15) is 27.0 Å². The summed E-state index contributed by atoms with van der Waals surface area (Å²) in [5.41, 5.74) is 6.70. The Labute approximate surface area is 200 Å². The molecule has 0 saturated carbocycles. The Hall–Kier alpha value is -4.24. The lowest BCUT2D eigenvalue weighted by atomic mass is 10.0. The Bertz CT molecular complexity index is 1370. The number of aryl methyl sites for hydroxylation is 1. The Morgan fingerprint density at radius 1 is 0.706 bits per heavy atom. The number of pyridine rings is 1. The Balaban J connectivity index is 1.60. The van der Waals surface area contributed by atoms with Crippen molar-refractivity contribution < 1.29 is 4.79 Å². The molecule has 0 aliphatic heterocycles. The molecule has 3 heteroatoms. The lowest BCUT2D eigenvalue weighted by molar-refractivity contribution is 0.0732. The minimum atomic E-state index is -0.000308. The molecule has 0 unspecified atom stereocenters. The highest BCUT2D eigenvalue weighted by Crippen LogP contribution is 2.27. The fourth-order valence-electron chi connectivity index (χ4n) is 4.20. The topological polar surface area (TPSA) is 33.2 Å². The molecule has 0 radical (unpaired) electrons. The van der Waals surface area contributed by atoms with Gasteiger partial charge in [-0.05, 0) is 30.2 Å². The number of carbonyl (C=O) groups is 1. The van der Waals surface area contributed by atoms with Gasteiger partial charge in [-0.15, -0.1) is 0 Å². The van der Waals surface area contributed by atoms with Gasteiger partial charge in [-0.25, -0.2) is 4.98 Å². The smallest absolute Gasteiger partial charge is 0.255 e. The van der Waals surface area contributed by atoms with Crippen molar-refractivity contribution in [2.45, 2.75) is 20.0 Å². The zero-order valence-corrected chi connectivity index (χ0v) is 19.2. The largest absolute Gasteiger partial charge is 0.330 e. The van der Waals surface area contributed by atoms with E-state index in [0.717, 1.165) is 33.3 Å². The highest BCUT2D eigenvalue weighted by atomic mass is 16.2. The molecular formula is C31H26N2O. The van der Waals surface area contributed by atoms with Crippen molar-refractivity contribution in [3.63, 3.8) is 0 Å². The van der Waals surface area contributed by atoms with E-state index in [-0.39, 0.29) is 5.91 Å². The number of rotatable bonds is 6. The van der Waals surface area contributed by atoms with E-state index in [1.54, 1.807) is 0 Å². The van der Waals surface area contributed by atoms with E-state index >= 15 is 0 Å². The molecule has 5 aromatic rings. The number of nitrogens with zero attached hydrogens (tertiary/aromatic N) is 2. The van der Waals surface area contributed by atoms with E-state index in [1.165, 1.54) is 5.56 Å². The van der Waals surface area contributed by atoms with E-state index in [0.29, 0.717) is 18.7 Å². The van der Waals surface area contributed by atoms with E-state index < -0.39 is 0 Å². The van der Waals surface area contributed by atoms with Gasteiger partial charge in [0.25, 0.3) is 5.91 Å². The highest BCUT2D eigenvalue weighted by molar-refractivity contribution is 6.07. The molecule has 0 bridgehead atoms. The number of fused-ring (bicyclic) bond motifs is 1. The van der Waals surface area contributed by atoms with E-state index in [4.69, 9.17) is 4.98 Å². The quantitative estimate of drug-likeness (QED) is 0.282. The van der Waals surface area contributed by atoms with Crippen LogP contribution in [0.3, 0.4) is 0 Å². The average molecular weight is 443 g/mol. The molecule has 1 heterocycles. The fraction of sp³-hybridized carbons (Fsp3) is 0.0968. The Morgan fingerprint density at radius 2 is 1.26 bits per heavy atom. The minimum Gasteiger partial charge on any atom is -0.330 e. The number of amides is 1. The van der Waals surface area contributed by atoms with Gasteiger partial charge in [0.1, 0.15) is 0 Å². The van der Waals surface area contributed by atoms with Gasteiger partial charge in [0.05, 0.1) is 16.8 Å². The van der Waals surface area contributed by atoms with Crippen LogP contribution in [0.5, 0.6) is 0 Å². The van der Waals surface area contributed by atoms with Crippen LogP contribution in [-0.4, -0.2) is 15.8 Å². The first-order chi connectivity index (χ1) is 16.7. The minimum absolute atomic E-state index is 0.000308. The number of benzene rings is 4. The summed E-state index contributed by atoms with van der Waals surface area (Å²) in [5.74, 6) is -0.000308. The molecule has 5 rings (SSSR count). The molecule has 1 aromatic heterocycles. The second-order valence-corrected chi connectivity index (χ2v) is 8.57. The average Bonchev–Trinajstić information content (AvgIpc) is 2.89. The van der Waals surface area contributed by atoms with E-state index in [2.05, 4.69) is 55.5 Å². The zero-order chi connectivity index (χ0) is 23.3. The zero-order valence-electron chi connectivity index (χ0n) is 19.2. The van der Waals surface area contributed by atoms with Gasteiger partial charge in [0.15, 0.2) is 0 Å². The van der Waals surface area contributed by atoms with Gasteiger partial charge in [-0.3, -0.25) is 4.79 Å². The first-order valence-electron chi connectivity index (χ1n) is 11.5. The van der Waals surface area contributed by atoms with Crippen LogP contribution in [0.25, 0.3) is 22.2 Å². The third-order valence-corrected chi connectivity index (χ3v) is 6.01. The molecule has 3 nitrogen and oxygen atoms in total. The Kier molecular flexibility index (Phi) is 6.17. The maximum Gasteiger partial charge on any atom is 0.255 e. The number of para-hydroxylation sites is 1. The fourth-order valence-corrected chi connectivity index (χ4v) is 4.20. The van der Waals surface area contributed by atoms with Gasteiger partial charge in [0.2, 0.25) is 0 Å². The van der Waals surface area contributed by atoms with Crippen molar-refractivity contribution in [2.24, 2.45) is 0 Å². The van der Waals surface area contributed by atoms with Gasteiger partial charge < -0.3 is 4.90 Å². The molecule has 0 saturated heterocycles. The van der Waals surface area contributed by atoms with Gasteiger partial charge in [0, 0.05) is 24.0 Å². The van der Waals surface area contributed by atoms with Crippen molar-refractivity contribution in [1.82, 2.24) is 9.88 Å².